The highest BCUT2D eigenvalue weighted by molar-refractivity contribution is 7.71. The van der Waals surface area contributed by atoms with E-state index in [1.165, 1.54) is 11.7 Å². The Labute approximate surface area is 182 Å². The minimum absolute atomic E-state index is 0.246. The zero-order valence-corrected chi connectivity index (χ0v) is 17.7. The molecule has 1 amide bonds. The lowest BCUT2D eigenvalue weighted by Crippen LogP contribution is -2.21. The Kier molecular flexibility index (Phi) is 5.55. The van der Waals surface area contributed by atoms with E-state index in [1.807, 2.05) is 18.2 Å². The molecule has 8 heteroatoms. The molecule has 1 heterocycles. The van der Waals surface area contributed by atoms with E-state index in [0.29, 0.717) is 39.3 Å². The maximum Gasteiger partial charge on any atom is 0.266 e. The summed E-state index contributed by atoms with van der Waals surface area (Å²) in [6.45, 7) is 0. The summed E-state index contributed by atoms with van der Waals surface area (Å²) < 4.78 is 12.2. The molecule has 2 N–H and O–H groups in total. The number of para-hydroxylation sites is 1. The summed E-state index contributed by atoms with van der Waals surface area (Å²) in [5.41, 5.74) is 1.72. The molecule has 0 radical (unpaired) electrons. The number of benzene rings is 3. The molecule has 7 nitrogen and oxygen atoms in total. The fourth-order valence-electron chi connectivity index (χ4n) is 3.28. The largest absolute Gasteiger partial charge is 0.497 e. The standard InChI is InChI=1S/C23H19N3O4S/c1-29-16-9-11-20(30-2)19(13-16)24-21(27)14-8-10-17-18(12-14)25-23(31)26(22(17)28)15-6-4-3-5-7-15/h3-13H,1-2H3,(H,24,27)(H,25,31). The quantitative estimate of drug-likeness (QED) is 0.458. The van der Waals surface area contributed by atoms with Gasteiger partial charge < -0.3 is 19.8 Å². The van der Waals surface area contributed by atoms with Crippen LogP contribution in [0.2, 0.25) is 0 Å². The van der Waals surface area contributed by atoms with Gasteiger partial charge in [0.15, 0.2) is 4.77 Å². The number of ether oxygens (including phenoxy) is 2. The molecule has 0 aliphatic heterocycles. The minimum atomic E-state index is -0.361. The van der Waals surface area contributed by atoms with Gasteiger partial charge in [0.25, 0.3) is 11.5 Å². The van der Waals surface area contributed by atoms with Crippen LogP contribution in [0.25, 0.3) is 16.6 Å². The van der Waals surface area contributed by atoms with Gasteiger partial charge in [-0.1, -0.05) is 18.2 Å². The van der Waals surface area contributed by atoms with Gasteiger partial charge in [-0.15, -0.1) is 0 Å². The number of nitrogens with one attached hydrogen (secondary N) is 2. The predicted molar refractivity (Wildman–Crippen MR) is 122 cm³/mol. The number of H-pyrrole nitrogens is 1. The van der Waals surface area contributed by atoms with Crippen LogP contribution >= 0.6 is 12.2 Å². The first-order valence-corrected chi connectivity index (χ1v) is 9.80. The van der Waals surface area contributed by atoms with E-state index in [0.717, 1.165) is 0 Å². The van der Waals surface area contributed by atoms with Crippen molar-refractivity contribution in [1.29, 1.82) is 0 Å². The van der Waals surface area contributed by atoms with Gasteiger partial charge in [-0.05, 0) is 54.7 Å². The Bertz CT molecular complexity index is 1390. The molecule has 0 aliphatic rings. The molecule has 4 rings (SSSR count). The topological polar surface area (TPSA) is 85.3 Å². The maximum absolute atomic E-state index is 13.0. The number of carbonyl (C=O) groups excluding carboxylic acids is 1. The summed E-state index contributed by atoms with van der Waals surface area (Å²) in [6, 6.07) is 19.1. The molecule has 0 fully saturated rings. The molecule has 0 saturated carbocycles. The number of hydrogen-bond acceptors (Lipinski definition) is 5. The number of aromatic nitrogens is 2. The Balaban J connectivity index is 1.73. The first-order valence-electron chi connectivity index (χ1n) is 9.39. The van der Waals surface area contributed by atoms with Crippen molar-refractivity contribution in [1.82, 2.24) is 9.55 Å². The van der Waals surface area contributed by atoms with Crippen LogP contribution in [0.5, 0.6) is 11.5 Å². The molecule has 0 bridgehead atoms. The molecule has 31 heavy (non-hydrogen) atoms. The molecule has 3 aromatic carbocycles. The zero-order valence-electron chi connectivity index (χ0n) is 16.8. The average Bonchev–Trinajstić information content (AvgIpc) is 2.79. The normalized spacial score (nSPS) is 10.6. The average molecular weight is 433 g/mol. The SMILES string of the molecule is COc1ccc(OC)c(NC(=O)c2ccc3c(=O)n(-c4ccccc4)c(=S)[nH]c3c2)c1. The number of aromatic amines is 1. The van der Waals surface area contributed by atoms with Crippen molar-refractivity contribution in [2.75, 3.05) is 19.5 Å². The number of anilines is 1. The van der Waals surface area contributed by atoms with Gasteiger partial charge in [-0.2, -0.15) is 0 Å². The summed E-state index contributed by atoms with van der Waals surface area (Å²) in [4.78, 5) is 28.9. The molecule has 0 unspecified atom stereocenters. The van der Waals surface area contributed by atoms with Gasteiger partial charge in [0, 0.05) is 11.6 Å². The summed E-state index contributed by atoms with van der Waals surface area (Å²) in [5, 5.41) is 3.24. The first-order chi connectivity index (χ1) is 15.0. The van der Waals surface area contributed by atoms with Crippen LogP contribution in [0, 0.1) is 4.77 Å². The fourth-order valence-corrected chi connectivity index (χ4v) is 3.58. The van der Waals surface area contributed by atoms with Gasteiger partial charge in [0.05, 0.1) is 36.5 Å². The van der Waals surface area contributed by atoms with Gasteiger partial charge in [-0.3, -0.25) is 14.2 Å². The number of carbonyl (C=O) groups is 1. The lowest BCUT2D eigenvalue weighted by atomic mass is 10.1. The van der Waals surface area contributed by atoms with Gasteiger partial charge in [-0.25, -0.2) is 0 Å². The van der Waals surface area contributed by atoms with E-state index < -0.39 is 0 Å². The third-order valence-electron chi connectivity index (χ3n) is 4.83. The van der Waals surface area contributed by atoms with E-state index in [-0.39, 0.29) is 16.2 Å². The van der Waals surface area contributed by atoms with Crippen LogP contribution in [0.3, 0.4) is 0 Å². The van der Waals surface area contributed by atoms with Gasteiger partial charge in [0.2, 0.25) is 0 Å². The van der Waals surface area contributed by atoms with Crippen molar-refractivity contribution in [3.8, 4) is 17.2 Å². The van der Waals surface area contributed by atoms with Gasteiger partial charge in [0.1, 0.15) is 11.5 Å². The number of nitrogens with zero attached hydrogens (tertiary/aromatic N) is 1. The molecular weight excluding hydrogens is 414 g/mol. The van der Waals surface area contributed by atoms with E-state index >= 15 is 0 Å². The second-order valence-corrected chi connectivity index (χ2v) is 7.07. The van der Waals surface area contributed by atoms with Crippen LogP contribution in [-0.4, -0.2) is 29.7 Å². The zero-order chi connectivity index (χ0) is 22.0. The summed E-state index contributed by atoms with van der Waals surface area (Å²) >= 11 is 5.40. The summed E-state index contributed by atoms with van der Waals surface area (Å²) in [5.74, 6) is 0.722. The van der Waals surface area contributed by atoms with Crippen molar-refractivity contribution < 1.29 is 14.3 Å². The number of fused-ring (bicyclic) bond motifs is 1. The third kappa shape index (κ3) is 3.93. The number of methoxy groups -OCH3 is 2. The molecule has 0 saturated heterocycles. The fraction of sp³-hybridized carbons (Fsp3) is 0.0870. The minimum Gasteiger partial charge on any atom is -0.497 e. The number of rotatable bonds is 5. The van der Waals surface area contributed by atoms with Gasteiger partial charge >= 0.3 is 0 Å². The van der Waals surface area contributed by atoms with Crippen LogP contribution in [-0.2, 0) is 0 Å². The van der Waals surface area contributed by atoms with E-state index in [2.05, 4.69) is 10.3 Å². The highest BCUT2D eigenvalue weighted by Gasteiger charge is 2.14. The van der Waals surface area contributed by atoms with Crippen molar-refractivity contribution in [3.63, 3.8) is 0 Å². The molecule has 0 aliphatic carbocycles. The second kappa shape index (κ2) is 8.45. The number of hydrogen-bond donors (Lipinski definition) is 2. The summed E-state index contributed by atoms with van der Waals surface area (Å²) in [6.07, 6.45) is 0. The lowest BCUT2D eigenvalue weighted by molar-refractivity contribution is 0.102. The van der Waals surface area contributed by atoms with E-state index in [4.69, 9.17) is 21.7 Å². The third-order valence-corrected chi connectivity index (χ3v) is 5.11. The van der Waals surface area contributed by atoms with Crippen LogP contribution in [0.1, 0.15) is 10.4 Å². The predicted octanol–water partition coefficient (Wildman–Crippen LogP) is 4.32. The molecule has 0 spiro atoms. The van der Waals surface area contributed by atoms with Crippen molar-refractivity contribution >= 4 is 34.7 Å². The van der Waals surface area contributed by atoms with Crippen LogP contribution in [0.4, 0.5) is 5.69 Å². The monoisotopic (exact) mass is 433 g/mol. The highest BCUT2D eigenvalue weighted by atomic mass is 32.1. The second-order valence-electron chi connectivity index (χ2n) is 6.69. The Morgan fingerprint density at radius 2 is 1.77 bits per heavy atom. The molecule has 4 aromatic rings. The summed E-state index contributed by atoms with van der Waals surface area (Å²) in [7, 11) is 3.06. The molecule has 1 aromatic heterocycles. The molecule has 156 valence electrons. The van der Waals surface area contributed by atoms with E-state index in [9.17, 15) is 9.59 Å². The number of amides is 1. The van der Waals surface area contributed by atoms with Crippen LogP contribution < -0.4 is 20.3 Å². The van der Waals surface area contributed by atoms with E-state index in [1.54, 1.807) is 55.6 Å². The lowest BCUT2D eigenvalue weighted by Gasteiger charge is -2.12. The van der Waals surface area contributed by atoms with Crippen LogP contribution in [0.15, 0.2) is 71.5 Å². The first kappa shape index (κ1) is 20.4. The smallest absolute Gasteiger partial charge is 0.266 e. The van der Waals surface area contributed by atoms with Crippen molar-refractivity contribution in [2.45, 2.75) is 0 Å². The van der Waals surface area contributed by atoms with Crippen molar-refractivity contribution in [3.05, 3.63) is 87.4 Å². The Morgan fingerprint density at radius 3 is 2.48 bits per heavy atom. The Morgan fingerprint density at radius 1 is 1.00 bits per heavy atom. The highest BCUT2D eigenvalue weighted by Crippen LogP contribution is 2.29. The van der Waals surface area contributed by atoms with Crippen molar-refractivity contribution in [2.24, 2.45) is 0 Å². The molecular formula is C23H19N3O4S. The Hall–Kier alpha value is -3.91. The molecule has 0 atom stereocenters. The maximum atomic E-state index is 13.0.